The lowest BCUT2D eigenvalue weighted by atomic mass is 9.95. The molecule has 2 amide bonds. The molecule has 0 aliphatic carbocycles. The summed E-state index contributed by atoms with van der Waals surface area (Å²) in [5.74, 6) is -0.702. The number of rotatable bonds is 6. The molecular formula is C49H42Cl6N4O5. The van der Waals surface area contributed by atoms with Crippen LogP contribution in [0.5, 0.6) is 11.5 Å². The molecule has 5 N–H and O–H groups in total. The van der Waals surface area contributed by atoms with Crippen molar-refractivity contribution in [1.29, 1.82) is 0 Å². The Kier molecular flexibility index (Phi) is 20.3. The average molecular weight is 980 g/mol. The fraction of sp³-hybridized carbons (Fsp3) is 0.0816. The largest absolute Gasteiger partial charge is 0.506 e. The second-order valence-electron chi connectivity index (χ2n) is 13.1. The third-order valence-corrected chi connectivity index (χ3v) is 10.6. The van der Waals surface area contributed by atoms with Gasteiger partial charge in [-0.1, -0.05) is 133 Å². The summed E-state index contributed by atoms with van der Waals surface area (Å²) in [5.41, 5.74) is 9.20. The third kappa shape index (κ3) is 13.8. The predicted molar refractivity (Wildman–Crippen MR) is 264 cm³/mol. The van der Waals surface area contributed by atoms with Crippen molar-refractivity contribution in [3.63, 3.8) is 0 Å². The number of hydrogen-bond acceptors (Lipinski definition) is 7. The van der Waals surface area contributed by atoms with Crippen molar-refractivity contribution in [3.05, 3.63) is 209 Å². The lowest BCUT2D eigenvalue weighted by Crippen LogP contribution is -2.30. The van der Waals surface area contributed by atoms with Crippen LogP contribution in [0.1, 0.15) is 68.7 Å². The Labute approximate surface area is 401 Å². The smallest absolute Gasteiger partial charge is 0.253 e. The number of nitrogens with two attached hydrogens (primary N) is 1. The van der Waals surface area contributed by atoms with Crippen LogP contribution in [0.4, 0.5) is 0 Å². The number of aryl methyl sites for hydroxylation is 1. The van der Waals surface area contributed by atoms with Gasteiger partial charge in [0.05, 0.1) is 32.2 Å². The van der Waals surface area contributed by atoms with Crippen molar-refractivity contribution in [3.8, 4) is 11.5 Å². The van der Waals surface area contributed by atoms with Crippen LogP contribution in [0.15, 0.2) is 146 Å². The van der Waals surface area contributed by atoms with Gasteiger partial charge in [-0.2, -0.15) is 0 Å². The highest BCUT2D eigenvalue weighted by atomic mass is 35.5. The number of phenolic OH excluding ortho intramolecular Hbond substituents is 2. The number of aromatic hydroxyl groups is 2. The molecule has 6 aromatic carbocycles. The lowest BCUT2D eigenvalue weighted by molar-refractivity contribution is 0.0941. The molecule has 8 rings (SSSR count). The van der Waals surface area contributed by atoms with E-state index in [4.69, 9.17) is 75.3 Å². The number of aromatic nitrogens is 2. The van der Waals surface area contributed by atoms with Gasteiger partial charge in [-0.15, -0.1) is 0 Å². The third-order valence-electron chi connectivity index (χ3n) is 8.81. The first-order chi connectivity index (χ1) is 29.7. The number of phenols is 2. The zero-order valence-corrected chi connectivity index (χ0v) is 36.9. The Balaban J connectivity index is 0.000000263. The molecular weight excluding hydrogens is 937 g/mol. The Hall–Kier alpha value is -5.91. The maximum absolute atomic E-state index is 13.0. The molecule has 2 heterocycles. The van der Waals surface area contributed by atoms with E-state index in [1.54, 1.807) is 109 Å². The molecule has 0 radical (unpaired) electrons. The van der Waals surface area contributed by atoms with E-state index < -0.39 is 17.9 Å². The molecule has 0 fully saturated rings. The van der Waals surface area contributed by atoms with Crippen LogP contribution in [0.25, 0.3) is 21.8 Å². The molecule has 330 valence electrons. The molecule has 0 spiro atoms. The van der Waals surface area contributed by atoms with Gasteiger partial charge < -0.3 is 21.3 Å². The van der Waals surface area contributed by atoms with Gasteiger partial charge >= 0.3 is 0 Å². The van der Waals surface area contributed by atoms with Crippen molar-refractivity contribution >= 4 is 110 Å². The standard InChI is InChI=1S/C23H15Cl3N2O2.C10H9NO.C7H4Cl2O.C7H6ClNO.2CH4/c24-14-8-10-19(26)17(12-14)21(28-23(30)15-5-1-2-6-18(15)25)16-9-7-13-4-3-11-27-20(13)22(16)29;1-7-5-8-3-2-4-11-10(8)9(12)6-7;8-6-1-2-7(9)5(3-6)4-10;8-6-4-2-1-3-5(6)7(9)10;;/h1-12,21,29H,(H,28,30);2-6,12H,1H3;1-4H;1-4H,(H2,9,10);2*1H4. The van der Waals surface area contributed by atoms with Crippen molar-refractivity contribution in [2.24, 2.45) is 5.73 Å². The summed E-state index contributed by atoms with van der Waals surface area (Å²) in [6.07, 6.45) is 3.95. The minimum absolute atomic E-state index is 0. The van der Waals surface area contributed by atoms with Crippen molar-refractivity contribution in [2.45, 2.75) is 27.8 Å². The summed E-state index contributed by atoms with van der Waals surface area (Å²) < 4.78 is 0. The van der Waals surface area contributed by atoms with E-state index in [0.717, 1.165) is 16.3 Å². The average Bonchev–Trinajstić information content (AvgIpc) is 3.26. The molecule has 0 aliphatic heterocycles. The minimum atomic E-state index is -0.786. The highest BCUT2D eigenvalue weighted by Gasteiger charge is 2.25. The van der Waals surface area contributed by atoms with Gasteiger partial charge in [-0.05, 0) is 103 Å². The predicted octanol–water partition coefficient (Wildman–Crippen LogP) is 14.2. The number of halogens is 6. The normalized spacial score (nSPS) is 10.5. The highest BCUT2D eigenvalue weighted by Crippen LogP contribution is 2.38. The molecule has 8 aromatic rings. The molecule has 2 aromatic heterocycles. The second kappa shape index (κ2) is 24.8. The van der Waals surface area contributed by atoms with Crippen LogP contribution in [-0.2, 0) is 0 Å². The monoisotopic (exact) mass is 976 g/mol. The summed E-state index contributed by atoms with van der Waals surface area (Å²) >= 11 is 35.6. The Morgan fingerprint density at radius 3 is 1.75 bits per heavy atom. The molecule has 0 bridgehead atoms. The van der Waals surface area contributed by atoms with Gasteiger partial charge in [0.1, 0.15) is 22.5 Å². The highest BCUT2D eigenvalue weighted by molar-refractivity contribution is 6.35. The van der Waals surface area contributed by atoms with Gasteiger partial charge in [0.15, 0.2) is 6.29 Å². The quantitative estimate of drug-likeness (QED) is 0.121. The molecule has 1 atom stereocenters. The minimum Gasteiger partial charge on any atom is -0.506 e. The molecule has 64 heavy (non-hydrogen) atoms. The van der Waals surface area contributed by atoms with Crippen LogP contribution < -0.4 is 11.1 Å². The number of benzene rings is 6. The van der Waals surface area contributed by atoms with E-state index in [-0.39, 0.29) is 26.4 Å². The second-order valence-corrected chi connectivity index (χ2v) is 15.6. The zero-order valence-electron chi connectivity index (χ0n) is 32.4. The first-order valence-corrected chi connectivity index (χ1v) is 20.5. The molecule has 15 heteroatoms. The van der Waals surface area contributed by atoms with Crippen molar-refractivity contribution in [1.82, 2.24) is 15.3 Å². The fourth-order valence-electron chi connectivity index (χ4n) is 5.88. The summed E-state index contributed by atoms with van der Waals surface area (Å²) in [7, 11) is 0. The van der Waals surface area contributed by atoms with Crippen molar-refractivity contribution in [2.75, 3.05) is 0 Å². The van der Waals surface area contributed by atoms with Gasteiger partial charge in [-0.25, -0.2) is 0 Å². The summed E-state index contributed by atoms with van der Waals surface area (Å²) in [4.78, 5) is 42.2. The van der Waals surface area contributed by atoms with Crippen LogP contribution in [0, 0.1) is 6.92 Å². The van der Waals surface area contributed by atoms with E-state index in [0.29, 0.717) is 75.3 Å². The van der Waals surface area contributed by atoms with Crippen LogP contribution in [-0.4, -0.2) is 38.3 Å². The van der Waals surface area contributed by atoms with Crippen LogP contribution in [0.2, 0.25) is 30.1 Å². The van der Waals surface area contributed by atoms with Crippen LogP contribution >= 0.6 is 69.6 Å². The van der Waals surface area contributed by atoms with Crippen molar-refractivity contribution < 1.29 is 24.6 Å². The lowest BCUT2D eigenvalue weighted by Gasteiger charge is -2.23. The number of pyridine rings is 2. The zero-order chi connectivity index (χ0) is 44.9. The number of hydrogen-bond donors (Lipinski definition) is 4. The van der Waals surface area contributed by atoms with E-state index in [2.05, 4.69) is 15.3 Å². The number of aldehydes is 1. The van der Waals surface area contributed by atoms with E-state index >= 15 is 0 Å². The fourth-order valence-corrected chi connectivity index (χ4v) is 7.08. The molecule has 0 aliphatic rings. The number of nitrogens with zero attached hydrogens (tertiary/aromatic N) is 2. The van der Waals surface area contributed by atoms with Crippen LogP contribution in [0.3, 0.4) is 0 Å². The van der Waals surface area contributed by atoms with E-state index in [1.165, 1.54) is 6.07 Å². The number of carbonyl (C=O) groups is 3. The number of carbonyl (C=O) groups excluding carboxylic acids is 3. The first-order valence-electron chi connectivity index (χ1n) is 18.2. The molecule has 1 unspecified atom stereocenters. The van der Waals surface area contributed by atoms with E-state index in [1.807, 2.05) is 37.3 Å². The van der Waals surface area contributed by atoms with Gasteiger partial charge in [0.2, 0.25) is 5.91 Å². The SMILES string of the molecule is C.C.Cc1cc(O)c2ncccc2c1.NC(=O)c1ccccc1Cl.O=C(NC(c1cc(Cl)ccc1Cl)c1ccc2cccnc2c1O)c1ccccc1Cl.O=Cc1cc(Cl)ccc1Cl. The molecule has 9 nitrogen and oxygen atoms in total. The maximum Gasteiger partial charge on any atom is 0.253 e. The van der Waals surface area contributed by atoms with E-state index in [9.17, 15) is 24.6 Å². The number of fused-ring (bicyclic) bond motifs is 2. The molecule has 0 saturated carbocycles. The number of primary amides is 1. The Morgan fingerprint density at radius 1 is 0.609 bits per heavy atom. The maximum atomic E-state index is 13.0. The Morgan fingerprint density at radius 2 is 1.17 bits per heavy atom. The van der Waals surface area contributed by atoms with Gasteiger partial charge in [-0.3, -0.25) is 24.4 Å². The van der Waals surface area contributed by atoms with Gasteiger partial charge in [0.25, 0.3) is 5.91 Å². The number of amides is 2. The summed E-state index contributed by atoms with van der Waals surface area (Å²) in [5, 5.41) is 27.6. The number of nitrogens with one attached hydrogen (secondary N) is 1. The van der Waals surface area contributed by atoms with Gasteiger partial charge in [0, 0.05) is 49.4 Å². The molecule has 0 saturated heterocycles. The Bertz CT molecular complexity index is 2900. The first kappa shape index (κ1) is 52.4. The summed E-state index contributed by atoms with van der Waals surface area (Å²) in [6, 6.07) is 37.0. The summed E-state index contributed by atoms with van der Waals surface area (Å²) in [6.45, 7) is 1.95. The topological polar surface area (TPSA) is 156 Å².